The van der Waals surface area contributed by atoms with Gasteiger partial charge in [0.2, 0.25) is 11.8 Å². The van der Waals surface area contributed by atoms with Crippen LogP contribution in [-0.2, 0) is 16.1 Å². The lowest BCUT2D eigenvalue weighted by Gasteiger charge is -2.08. The molecule has 0 fully saturated rings. The monoisotopic (exact) mass is 353 g/mol. The Balaban J connectivity index is 1.69. The molecular weight excluding hydrogens is 334 g/mol. The molecule has 0 atom stereocenters. The third-order valence-corrected chi connectivity index (χ3v) is 3.69. The number of pyridine rings is 1. The number of nitrogens with zero attached hydrogens (tertiary/aromatic N) is 3. The van der Waals surface area contributed by atoms with Crippen molar-refractivity contribution in [3.8, 4) is 0 Å². The lowest BCUT2D eigenvalue weighted by atomic mass is 10.2. The molecule has 8 heteroatoms. The summed E-state index contributed by atoms with van der Waals surface area (Å²) in [4.78, 5) is 36.1. The van der Waals surface area contributed by atoms with Crippen LogP contribution in [0.2, 0.25) is 0 Å². The van der Waals surface area contributed by atoms with Crippen molar-refractivity contribution >= 4 is 28.8 Å². The minimum atomic E-state index is -0.382. The average molecular weight is 353 g/mol. The normalized spacial score (nSPS) is 10.7. The fraction of sp³-hybridized carbons (Fsp3) is 0.222. The van der Waals surface area contributed by atoms with E-state index in [0.717, 1.165) is 11.1 Å². The number of benzene rings is 1. The number of amides is 2. The molecule has 0 aliphatic rings. The van der Waals surface area contributed by atoms with Crippen LogP contribution in [-0.4, -0.2) is 26.0 Å². The smallest absolute Gasteiger partial charge is 0.326 e. The summed E-state index contributed by atoms with van der Waals surface area (Å²) in [6.45, 7) is 1.73. The van der Waals surface area contributed by atoms with Gasteiger partial charge in [0, 0.05) is 24.0 Å². The Bertz CT molecular complexity index is 1010. The van der Waals surface area contributed by atoms with E-state index in [1.807, 2.05) is 6.92 Å². The molecule has 26 heavy (non-hydrogen) atoms. The summed E-state index contributed by atoms with van der Waals surface area (Å²) in [6, 6.07) is 12.0. The number of hydrogen-bond acceptors (Lipinski definition) is 4. The van der Waals surface area contributed by atoms with Crippen LogP contribution in [0, 0.1) is 0 Å². The Hall–Kier alpha value is -3.42. The van der Waals surface area contributed by atoms with Gasteiger partial charge in [0.1, 0.15) is 6.54 Å². The summed E-state index contributed by atoms with van der Waals surface area (Å²) in [5, 5.41) is 9.60. The molecule has 8 nitrogen and oxygen atoms in total. The van der Waals surface area contributed by atoms with Gasteiger partial charge in [-0.2, -0.15) is 0 Å². The van der Waals surface area contributed by atoms with Crippen LogP contribution in [0.15, 0.2) is 53.5 Å². The second kappa shape index (κ2) is 7.64. The van der Waals surface area contributed by atoms with Crippen LogP contribution in [0.3, 0.4) is 0 Å². The van der Waals surface area contributed by atoms with E-state index in [1.54, 1.807) is 48.7 Å². The van der Waals surface area contributed by atoms with Crippen molar-refractivity contribution < 1.29 is 9.59 Å². The lowest BCUT2D eigenvalue weighted by molar-refractivity contribution is -0.117. The van der Waals surface area contributed by atoms with E-state index in [1.165, 1.54) is 4.40 Å². The summed E-state index contributed by atoms with van der Waals surface area (Å²) in [5.74, 6) is -0.459. The van der Waals surface area contributed by atoms with E-state index < -0.39 is 0 Å². The zero-order valence-corrected chi connectivity index (χ0v) is 14.3. The number of aromatic nitrogens is 3. The Morgan fingerprint density at radius 1 is 1.04 bits per heavy atom. The summed E-state index contributed by atoms with van der Waals surface area (Å²) in [7, 11) is 0. The molecule has 0 aliphatic carbocycles. The topological polar surface area (TPSA) is 97.5 Å². The molecule has 0 bridgehead atoms. The molecule has 3 rings (SSSR count). The van der Waals surface area contributed by atoms with Crippen LogP contribution in [0.5, 0.6) is 0 Å². The van der Waals surface area contributed by atoms with Crippen molar-refractivity contribution in [3.05, 3.63) is 59.1 Å². The highest BCUT2D eigenvalue weighted by molar-refractivity contribution is 5.93. The van der Waals surface area contributed by atoms with Crippen LogP contribution in [0.25, 0.3) is 5.65 Å². The lowest BCUT2D eigenvalue weighted by Crippen LogP contribution is -2.28. The van der Waals surface area contributed by atoms with Crippen LogP contribution < -0.4 is 16.3 Å². The molecule has 0 saturated heterocycles. The molecule has 0 unspecified atom stereocenters. The molecule has 2 N–H and O–H groups in total. The third kappa shape index (κ3) is 3.97. The molecule has 0 saturated carbocycles. The minimum Gasteiger partial charge on any atom is -0.326 e. The number of carbonyl (C=O) groups is 2. The van der Waals surface area contributed by atoms with Gasteiger partial charge in [-0.15, -0.1) is 5.10 Å². The molecule has 1 aromatic carbocycles. The van der Waals surface area contributed by atoms with Gasteiger partial charge >= 0.3 is 5.69 Å². The van der Waals surface area contributed by atoms with E-state index in [2.05, 4.69) is 15.7 Å². The average Bonchev–Trinajstić information content (AvgIpc) is 2.91. The fourth-order valence-electron chi connectivity index (χ4n) is 2.53. The third-order valence-electron chi connectivity index (χ3n) is 3.69. The zero-order chi connectivity index (χ0) is 18.5. The Labute approximate surface area is 149 Å². The summed E-state index contributed by atoms with van der Waals surface area (Å²) >= 11 is 0. The van der Waals surface area contributed by atoms with Gasteiger partial charge < -0.3 is 10.6 Å². The number of carbonyl (C=O) groups excluding carboxylic acids is 2. The second-order valence-corrected chi connectivity index (χ2v) is 5.80. The highest BCUT2D eigenvalue weighted by atomic mass is 16.2. The largest absolute Gasteiger partial charge is 0.350 e. The minimum absolute atomic E-state index is 0.0766. The van der Waals surface area contributed by atoms with E-state index >= 15 is 0 Å². The first-order valence-electron chi connectivity index (χ1n) is 8.31. The van der Waals surface area contributed by atoms with E-state index in [4.69, 9.17) is 0 Å². The molecule has 0 spiro atoms. The molecule has 2 heterocycles. The first-order chi connectivity index (χ1) is 12.6. The number of hydrogen-bond donors (Lipinski definition) is 2. The van der Waals surface area contributed by atoms with E-state index in [0.29, 0.717) is 23.4 Å². The first-order valence-corrected chi connectivity index (χ1v) is 8.31. The maximum absolute atomic E-state index is 12.2. The predicted molar refractivity (Wildman–Crippen MR) is 98.1 cm³/mol. The van der Waals surface area contributed by atoms with Crippen molar-refractivity contribution in [2.75, 3.05) is 10.6 Å². The zero-order valence-electron chi connectivity index (χ0n) is 14.3. The SMILES string of the molecule is CCCC(=O)Nc1cccc(NC(=O)Cn2nc3ccccn3c2=O)c1. The van der Waals surface area contributed by atoms with Gasteiger partial charge in [0.15, 0.2) is 5.65 Å². The maximum atomic E-state index is 12.2. The fourth-order valence-corrected chi connectivity index (χ4v) is 2.53. The van der Waals surface area contributed by atoms with Crippen LogP contribution in [0.4, 0.5) is 11.4 Å². The van der Waals surface area contributed by atoms with Crippen molar-refractivity contribution in [3.63, 3.8) is 0 Å². The quantitative estimate of drug-likeness (QED) is 0.707. The standard InChI is InChI=1S/C18H19N5O3/c1-2-6-16(24)19-13-7-5-8-14(11-13)20-17(25)12-23-18(26)22-10-4-3-9-15(22)21-23/h3-5,7-11H,2,6,12H2,1H3,(H,19,24)(H,20,25). The Morgan fingerprint density at radius 3 is 2.46 bits per heavy atom. The molecule has 2 amide bonds. The van der Waals surface area contributed by atoms with Crippen LogP contribution >= 0.6 is 0 Å². The molecule has 2 aromatic heterocycles. The Morgan fingerprint density at radius 2 is 1.77 bits per heavy atom. The second-order valence-electron chi connectivity index (χ2n) is 5.80. The van der Waals surface area contributed by atoms with Gasteiger partial charge in [-0.05, 0) is 36.8 Å². The molecule has 134 valence electrons. The maximum Gasteiger partial charge on any atom is 0.350 e. The van der Waals surface area contributed by atoms with Gasteiger partial charge in [0.25, 0.3) is 0 Å². The molecule has 3 aromatic rings. The van der Waals surface area contributed by atoms with E-state index in [9.17, 15) is 14.4 Å². The van der Waals surface area contributed by atoms with Crippen molar-refractivity contribution in [2.45, 2.75) is 26.3 Å². The summed E-state index contributed by atoms with van der Waals surface area (Å²) < 4.78 is 2.48. The van der Waals surface area contributed by atoms with Gasteiger partial charge in [-0.3, -0.25) is 14.0 Å². The summed E-state index contributed by atoms with van der Waals surface area (Å²) in [6.07, 6.45) is 2.80. The van der Waals surface area contributed by atoms with Crippen LogP contribution in [0.1, 0.15) is 19.8 Å². The van der Waals surface area contributed by atoms with Crippen molar-refractivity contribution in [1.29, 1.82) is 0 Å². The Kier molecular flexibility index (Phi) is 5.12. The van der Waals surface area contributed by atoms with E-state index in [-0.39, 0.29) is 24.0 Å². The van der Waals surface area contributed by atoms with Gasteiger partial charge in [0.05, 0.1) is 0 Å². The van der Waals surface area contributed by atoms with Crippen molar-refractivity contribution in [1.82, 2.24) is 14.2 Å². The summed E-state index contributed by atoms with van der Waals surface area (Å²) in [5.41, 5.74) is 1.23. The van der Waals surface area contributed by atoms with Crippen molar-refractivity contribution in [2.24, 2.45) is 0 Å². The number of anilines is 2. The molecular formula is C18H19N5O3. The van der Waals surface area contributed by atoms with Gasteiger partial charge in [-0.1, -0.05) is 19.1 Å². The van der Waals surface area contributed by atoms with Gasteiger partial charge in [-0.25, -0.2) is 9.48 Å². The molecule has 0 aliphatic heterocycles. The first kappa shape index (κ1) is 17.4. The number of nitrogens with one attached hydrogen (secondary N) is 2. The number of fused-ring (bicyclic) bond motifs is 1. The number of rotatable bonds is 6. The predicted octanol–water partition coefficient (Wildman–Crippen LogP) is 1.87. The highest BCUT2D eigenvalue weighted by Gasteiger charge is 2.11. The highest BCUT2D eigenvalue weighted by Crippen LogP contribution is 2.15. The molecule has 0 radical (unpaired) electrons.